The van der Waals surface area contributed by atoms with Gasteiger partial charge in [-0.05, 0) is 0 Å². The van der Waals surface area contributed by atoms with Gasteiger partial charge in [0.2, 0.25) is 0 Å². The van der Waals surface area contributed by atoms with E-state index in [9.17, 15) is 0 Å². The van der Waals surface area contributed by atoms with Crippen LogP contribution in [0.25, 0.3) is 0 Å². The topological polar surface area (TPSA) is 74.6 Å². The molecule has 0 amide bonds. The molecule has 5 heteroatoms. The van der Waals surface area contributed by atoms with Crippen molar-refractivity contribution >= 4 is 12.9 Å². The molecule has 0 aromatic heterocycles. The van der Waals surface area contributed by atoms with Crippen LogP contribution in [0.1, 0.15) is 0 Å². The first kappa shape index (κ1) is 15.9. The van der Waals surface area contributed by atoms with E-state index in [0.29, 0.717) is 0 Å². The van der Waals surface area contributed by atoms with Crippen LogP contribution in [0.5, 0.6) is 0 Å². The number of carbonyl (C=O) groups is 2. The third-order valence-corrected chi connectivity index (χ3v) is 0. The number of rotatable bonds is 0. The molecule has 0 aromatic rings. The van der Waals surface area contributed by atoms with E-state index >= 15 is 0 Å². The zero-order chi connectivity index (χ0) is 5.41. The summed E-state index contributed by atoms with van der Waals surface area (Å²) in [5, 5.41) is 13.8. The average molecular weight is 289 g/mol. The van der Waals surface area contributed by atoms with E-state index in [4.69, 9.17) is 19.8 Å². The van der Waals surface area contributed by atoms with Crippen LogP contribution in [0, 0.1) is 0 Å². The van der Waals surface area contributed by atoms with Crippen LogP contribution >= 0.6 is 0 Å². The fourth-order valence-corrected chi connectivity index (χ4v) is 0. The zero-order valence-electron chi connectivity index (χ0n) is 3.17. The predicted octanol–water partition coefficient (Wildman–Crippen LogP) is -0.601. The molecule has 0 spiro atoms. The van der Waals surface area contributed by atoms with Gasteiger partial charge in [-0.2, -0.15) is 0 Å². The second kappa shape index (κ2) is 44.1. The van der Waals surface area contributed by atoms with Gasteiger partial charge >= 0.3 is 0 Å². The maximum atomic E-state index is 8.36. The monoisotopic (exact) mass is 289 g/mol. The van der Waals surface area contributed by atoms with Gasteiger partial charge in [0.05, 0.1) is 0 Å². The van der Waals surface area contributed by atoms with Gasteiger partial charge in [-0.1, -0.05) is 0 Å². The minimum Gasteiger partial charge on any atom is -0.483 e. The molecule has 0 rings (SSSR count). The first-order valence-corrected chi connectivity index (χ1v) is 0.988. The second-order valence-electron chi connectivity index (χ2n) is 0.211. The number of carboxylic acid groups (broad SMARTS) is 2. The molecule has 0 atom stereocenters. The standard InChI is InChI=1S/2CH2O2.Au/c2*2-1-3;/h2*1H,(H,2,3);. The number of hydrogen-bond donors (Lipinski definition) is 2. The molecule has 0 aromatic carbocycles. The third kappa shape index (κ3) is 753. The molecule has 4 nitrogen and oxygen atoms in total. The molecule has 2 N–H and O–H groups in total. The van der Waals surface area contributed by atoms with E-state index in [1.54, 1.807) is 0 Å². The molecule has 7 heavy (non-hydrogen) atoms. The van der Waals surface area contributed by atoms with Crippen LogP contribution in [0.3, 0.4) is 0 Å². The molecule has 0 aliphatic heterocycles. The molecular formula is C2H4AuO4. The Bertz CT molecular complexity index is 30.7. The van der Waals surface area contributed by atoms with E-state index < -0.39 is 0 Å². The molecule has 0 aliphatic carbocycles. The molecule has 0 heterocycles. The van der Waals surface area contributed by atoms with Crippen LogP contribution < -0.4 is 0 Å². The van der Waals surface area contributed by atoms with Crippen molar-refractivity contribution in [2.45, 2.75) is 0 Å². The molecule has 0 saturated heterocycles. The van der Waals surface area contributed by atoms with E-state index in [0.717, 1.165) is 0 Å². The van der Waals surface area contributed by atoms with Crippen LogP contribution in [0.4, 0.5) is 0 Å². The SMILES string of the molecule is O=CO.O=CO.[Au]. The van der Waals surface area contributed by atoms with Gasteiger partial charge in [-0.25, -0.2) is 0 Å². The second-order valence-corrected chi connectivity index (χ2v) is 0.211. The summed E-state index contributed by atoms with van der Waals surface area (Å²) in [5.41, 5.74) is 0. The van der Waals surface area contributed by atoms with Crippen LogP contribution in [0.15, 0.2) is 0 Å². The summed E-state index contributed by atoms with van der Waals surface area (Å²) in [7, 11) is 0. The summed E-state index contributed by atoms with van der Waals surface area (Å²) < 4.78 is 0. The summed E-state index contributed by atoms with van der Waals surface area (Å²) in [6, 6.07) is 0. The summed E-state index contributed by atoms with van der Waals surface area (Å²) in [6.45, 7) is -0.500. The first-order chi connectivity index (χ1) is 2.83. The van der Waals surface area contributed by atoms with Gasteiger partial charge < -0.3 is 10.2 Å². The van der Waals surface area contributed by atoms with Crippen molar-refractivity contribution in [3.63, 3.8) is 0 Å². The van der Waals surface area contributed by atoms with Gasteiger partial charge in [-0.3, -0.25) is 9.59 Å². The van der Waals surface area contributed by atoms with Crippen molar-refractivity contribution in [1.29, 1.82) is 0 Å². The Morgan fingerprint density at radius 3 is 1.00 bits per heavy atom. The van der Waals surface area contributed by atoms with Crippen molar-refractivity contribution in [3.05, 3.63) is 0 Å². The summed E-state index contributed by atoms with van der Waals surface area (Å²) in [6.07, 6.45) is 0. The van der Waals surface area contributed by atoms with Gasteiger partial charge in [-0.15, -0.1) is 0 Å². The van der Waals surface area contributed by atoms with Crippen molar-refractivity contribution in [2.24, 2.45) is 0 Å². The van der Waals surface area contributed by atoms with Crippen molar-refractivity contribution in [3.8, 4) is 0 Å². The molecule has 0 fully saturated rings. The van der Waals surface area contributed by atoms with Crippen LogP contribution in [-0.4, -0.2) is 23.2 Å². The fraction of sp³-hybridized carbons (Fsp3) is 0. The zero-order valence-corrected chi connectivity index (χ0v) is 5.33. The van der Waals surface area contributed by atoms with E-state index in [-0.39, 0.29) is 35.3 Å². The number of hydrogen-bond acceptors (Lipinski definition) is 2. The largest absolute Gasteiger partial charge is 0.483 e. The molecular weight excluding hydrogens is 285 g/mol. The van der Waals surface area contributed by atoms with Crippen molar-refractivity contribution in [2.75, 3.05) is 0 Å². The van der Waals surface area contributed by atoms with Crippen molar-refractivity contribution < 1.29 is 42.2 Å². The Kier molecular flexibility index (Phi) is 100. The van der Waals surface area contributed by atoms with Gasteiger partial charge in [0.25, 0.3) is 12.9 Å². The minimum absolute atomic E-state index is 0. The minimum atomic E-state index is -0.250. The van der Waals surface area contributed by atoms with Gasteiger partial charge in [0, 0.05) is 22.4 Å². The summed E-state index contributed by atoms with van der Waals surface area (Å²) >= 11 is 0. The molecule has 0 bridgehead atoms. The van der Waals surface area contributed by atoms with E-state index in [1.807, 2.05) is 0 Å². The average Bonchev–Trinajstić information content (AvgIpc) is 1.39. The maximum absolute atomic E-state index is 8.36. The normalized spacial score (nSPS) is 3.43. The Hall–Kier alpha value is -0.320. The third-order valence-electron chi connectivity index (χ3n) is 0. The Balaban J connectivity index is -0.0000000400. The Labute approximate surface area is 55.7 Å². The molecule has 0 saturated carbocycles. The quantitative estimate of drug-likeness (QED) is 0.461. The molecule has 0 unspecified atom stereocenters. The van der Waals surface area contributed by atoms with Gasteiger partial charge in [0.1, 0.15) is 0 Å². The van der Waals surface area contributed by atoms with E-state index in [2.05, 4.69) is 0 Å². The summed E-state index contributed by atoms with van der Waals surface area (Å²) in [5.74, 6) is 0. The molecule has 47 valence electrons. The predicted molar refractivity (Wildman–Crippen MR) is 17.4 cm³/mol. The van der Waals surface area contributed by atoms with E-state index in [1.165, 1.54) is 0 Å². The van der Waals surface area contributed by atoms with Crippen LogP contribution in [0.2, 0.25) is 0 Å². The van der Waals surface area contributed by atoms with Gasteiger partial charge in [0.15, 0.2) is 0 Å². The Morgan fingerprint density at radius 1 is 1.00 bits per heavy atom. The first-order valence-electron chi connectivity index (χ1n) is 0.988. The molecule has 1 radical (unpaired) electrons. The smallest absolute Gasteiger partial charge is 0.290 e. The van der Waals surface area contributed by atoms with Crippen LogP contribution in [-0.2, 0) is 32.0 Å². The maximum Gasteiger partial charge on any atom is 0.290 e. The Morgan fingerprint density at radius 2 is 1.00 bits per heavy atom. The summed E-state index contributed by atoms with van der Waals surface area (Å²) in [4.78, 5) is 16.7. The molecule has 0 aliphatic rings. The fourth-order valence-electron chi connectivity index (χ4n) is 0. The van der Waals surface area contributed by atoms with Crippen molar-refractivity contribution in [1.82, 2.24) is 0 Å².